The number of benzene rings is 1. The summed E-state index contributed by atoms with van der Waals surface area (Å²) in [4.78, 5) is 49.1. The van der Waals surface area contributed by atoms with Gasteiger partial charge in [-0.15, -0.1) is 0 Å². The Balaban J connectivity index is 1.27. The van der Waals surface area contributed by atoms with E-state index in [1.165, 1.54) is 42.7 Å². The SMILES string of the molecule is CN1Cc2cc(C(F)(F)F)nn2C(C(C)(C)NC(=O)[C@@H](Cc2cnn(C(F)F)c2)N2CCc3c(-c4nc5cnn(C)c5cc4C#N)ccc(F)c3C2=O)C1=O. The normalized spacial score (nSPS) is 16.7. The first kappa shape index (κ1) is 37.1. The number of nitriles is 1. The molecule has 0 spiro atoms. The molecule has 7 rings (SSSR count). The summed E-state index contributed by atoms with van der Waals surface area (Å²) >= 11 is 0. The molecule has 0 aliphatic carbocycles. The van der Waals surface area contributed by atoms with Crippen molar-refractivity contribution in [1.29, 1.82) is 5.26 Å². The first-order valence-corrected chi connectivity index (χ1v) is 16.8. The van der Waals surface area contributed by atoms with Gasteiger partial charge in [0.05, 0.1) is 52.5 Å². The van der Waals surface area contributed by atoms with E-state index >= 15 is 4.39 Å². The standard InChI is InChI=1S/C35H31F6N11O3/c1-34(2,29-32(55)48(3)16-19-11-26(35(39,40)41)47-52(19)29)46-30(53)25(9-17-13-44-51(15-17)33(37)38)50-8-7-20-21(5-6-22(36)27(20)31(50)54)28-18(12-42)10-24-23(45-28)14-43-49(24)4/h5-6,10-11,13-15,25,29,33H,7-9,16H2,1-4H3,(H,46,53)/t25-,29?/m1/s1. The molecular weight excluding hydrogens is 736 g/mol. The lowest BCUT2D eigenvalue weighted by molar-refractivity contribution is -0.144. The van der Waals surface area contributed by atoms with Gasteiger partial charge in [0, 0.05) is 38.8 Å². The number of halogens is 6. The zero-order valence-electron chi connectivity index (χ0n) is 29.6. The molecule has 2 aliphatic rings. The van der Waals surface area contributed by atoms with Crippen LogP contribution in [0.3, 0.4) is 0 Å². The summed E-state index contributed by atoms with van der Waals surface area (Å²) < 4.78 is 86.6. The zero-order chi connectivity index (χ0) is 39.7. The molecule has 2 aliphatic heterocycles. The van der Waals surface area contributed by atoms with E-state index in [0.717, 1.165) is 34.1 Å². The van der Waals surface area contributed by atoms with Crippen molar-refractivity contribution >= 4 is 28.8 Å². The highest BCUT2D eigenvalue weighted by Crippen LogP contribution is 2.37. The Morgan fingerprint density at radius 2 is 1.85 bits per heavy atom. The molecule has 55 heavy (non-hydrogen) atoms. The molecule has 2 atom stereocenters. The van der Waals surface area contributed by atoms with Crippen molar-refractivity contribution in [2.75, 3.05) is 13.6 Å². The van der Waals surface area contributed by atoms with E-state index in [1.54, 1.807) is 13.1 Å². The van der Waals surface area contributed by atoms with Crippen molar-refractivity contribution in [3.05, 3.63) is 82.3 Å². The molecule has 0 bridgehead atoms. The molecule has 5 aromatic rings. The number of hydrogen-bond acceptors (Lipinski definition) is 8. The van der Waals surface area contributed by atoms with Gasteiger partial charge in [-0.1, -0.05) is 0 Å². The van der Waals surface area contributed by atoms with Crippen LogP contribution in [0, 0.1) is 17.1 Å². The minimum atomic E-state index is -4.82. The van der Waals surface area contributed by atoms with E-state index in [2.05, 4.69) is 31.7 Å². The summed E-state index contributed by atoms with van der Waals surface area (Å²) in [6.07, 6.45) is -1.69. The fourth-order valence-electron chi connectivity index (χ4n) is 7.26. The van der Waals surface area contributed by atoms with E-state index in [0.29, 0.717) is 21.3 Å². The second-order valence-corrected chi connectivity index (χ2v) is 14.0. The van der Waals surface area contributed by atoms with Crippen molar-refractivity contribution in [3.63, 3.8) is 0 Å². The zero-order valence-corrected chi connectivity index (χ0v) is 29.6. The van der Waals surface area contributed by atoms with Crippen molar-refractivity contribution < 1.29 is 40.7 Å². The molecule has 6 heterocycles. The summed E-state index contributed by atoms with van der Waals surface area (Å²) in [5.74, 6) is -3.43. The van der Waals surface area contributed by atoms with Gasteiger partial charge in [0.15, 0.2) is 11.7 Å². The lowest BCUT2D eigenvalue weighted by Crippen LogP contribution is -2.61. The summed E-state index contributed by atoms with van der Waals surface area (Å²) in [6.45, 7) is -0.599. The molecule has 1 N–H and O–H groups in total. The monoisotopic (exact) mass is 767 g/mol. The molecular formula is C35H31F6N11O3. The smallest absolute Gasteiger partial charge is 0.347 e. The average Bonchev–Trinajstić information content (AvgIpc) is 3.86. The van der Waals surface area contributed by atoms with Crippen molar-refractivity contribution in [2.24, 2.45) is 7.05 Å². The molecule has 14 nitrogen and oxygen atoms in total. The van der Waals surface area contributed by atoms with E-state index in [-0.39, 0.29) is 47.6 Å². The third-order valence-electron chi connectivity index (χ3n) is 9.90. The van der Waals surface area contributed by atoms with Gasteiger partial charge in [-0.3, -0.25) is 23.7 Å². The van der Waals surface area contributed by atoms with Crippen molar-refractivity contribution in [3.8, 4) is 17.3 Å². The number of likely N-dealkylation sites (N-methyl/N-ethyl adjacent to an activating group) is 1. The Kier molecular flexibility index (Phi) is 8.93. The maximum absolute atomic E-state index is 15.8. The van der Waals surface area contributed by atoms with Crippen LogP contribution in [0.4, 0.5) is 26.3 Å². The minimum absolute atomic E-state index is 0.0297. The van der Waals surface area contributed by atoms with Gasteiger partial charge in [0.1, 0.15) is 23.4 Å². The van der Waals surface area contributed by atoms with E-state index < -0.39 is 71.6 Å². The first-order chi connectivity index (χ1) is 25.9. The van der Waals surface area contributed by atoms with Gasteiger partial charge in [0.2, 0.25) is 11.8 Å². The highest BCUT2D eigenvalue weighted by molar-refractivity contribution is 6.02. The molecule has 0 saturated carbocycles. The molecule has 0 radical (unpaired) electrons. The third-order valence-corrected chi connectivity index (χ3v) is 9.90. The van der Waals surface area contributed by atoms with Crippen LogP contribution in [0.1, 0.15) is 64.9 Å². The largest absolute Gasteiger partial charge is 0.435 e. The summed E-state index contributed by atoms with van der Waals surface area (Å²) in [5, 5.41) is 24.1. The fraction of sp³-hybridized carbons (Fsp3) is 0.371. The van der Waals surface area contributed by atoms with Crippen LogP contribution in [-0.4, -0.2) is 87.0 Å². The van der Waals surface area contributed by atoms with E-state index in [1.807, 2.05) is 0 Å². The van der Waals surface area contributed by atoms with Crippen LogP contribution < -0.4 is 5.32 Å². The molecule has 1 aromatic carbocycles. The minimum Gasteiger partial charge on any atom is -0.347 e. The maximum Gasteiger partial charge on any atom is 0.435 e. The van der Waals surface area contributed by atoms with Crippen LogP contribution in [0.2, 0.25) is 0 Å². The topological polar surface area (TPSA) is 160 Å². The number of fused-ring (bicyclic) bond motifs is 3. The first-order valence-electron chi connectivity index (χ1n) is 16.8. The number of carbonyl (C=O) groups is 3. The van der Waals surface area contributed by atoms with Crippen LogP contribution in [0.5, 0.6) is 0 Å². The van der Waals surface area contributed by atoms with E-state index in [4.69, 9.17) is 0 Å². The second kappa shape index (κ2) is 13.2. The number of hydrogen-bond donors (Lipinski definition) is 1. The molecule has 3 amide bonds. The van der Waals surface area contributed by atoms with Crippen LogP contribution >= 0.6 is 0 Å². The van der Waals surface area contributed by atoms with Crippen molar-refractivity contribution in [2.45, 2.75) is 63.6 Å². The van der Waals surface area contributed by atoms with E-state index in [9.17, 15) is 41.6 Å². The lowest BCUT2D eigenvalue weighted by atomic mass is 9.88. The molecule has 0 fully saturated rings. The molecule has 20 heteroatoms. The third kappa shape index (κ3) is 6.42. The van der Waals surface area contributed by atoms with Gasteiger partial charge in [-0.2, -0.15) is 42.5 Å². The molecule has 4 aromatic heterocycles. The summed E-state index contributed by atoms with van der Waals surface area (Å²) in [5.41, 5.74) is -1.25. The number of nitrogens with zero attached hydrogens (tertiary/aromatic N) is 10. The predicted octanol–water partition coefficient (Wildman–Crippen LogP) is 4.17. The molecule has 1 unspecified atom stereocenters. The lowest BCUT2D eigenvalue weighted by Gasteiger charge is -2.42. The number of carbonyl (C=O) groups excluding carboxylic acids is 3. The van der Waals surface area contributed by atoms with Crippen molar-refractivity contribution in [1.82, 2.24) is 49.4 Å². The van der Waals surface area contributed by atoms with Gasteiger partial charge in [-0.25, -0.2) is 14.1 Å². The Morgan fingerprint density at radius 1 is 1.11 bits per heavy atom. The Hall–Kier alpha value is -6.26. The van der Waals surface area contributed by atoms with Crippen LogP contribution in [0.15, 0.2) is 42.9 Å². The Morgan fingerprint density at radius 3 is 2.53 bits per heavy atom. The number of aryl methyl sites for hydroxylation is 1. The highest BCUT2D eigenvalue weighted by atomic mass is 19.4. The fourth-order valence-corrected chi connectivity index (χ4v) is 7.26. The van der Waals surface area contributed by atoms with Gasteiger partial charge in [-0.05, 0) is 55.7 Å². The van der Waals surface area contributed by atoms with Crippen LogP contribution in [-0.2, 0) is 42.2 Å². The quantitative estimate of drug-likeness (QED) is 0.231. The highest BCUT2D eigenvalue weighted by Gasteiger charge is 2.48. The number of amides is 3. The maximum atomic E-state index is 15.8. The summed E-state index contributed by atoms with van der Waals surface area (Å²) in [6, 6.07) is 3.93. The second-order valence-electron chi connectivity index (χ2n) is 14.0. The summed E-state index contributed by atoms with van der Waals surface area (Å²) in [7, 11) is 3.06. The predicted molar refractivity (Wildman–Crippen MR) is 179 cm³/mol. The number of nitrogens with one attached hydrogen (secondary N) is 1. The van der Waals surface area contributed by atoms with Gasteiger partial charge >= 0.3 is 12.7 Å². The van der Waals surface area contributed by atoms with Gasteiger partial charge in [0.25, 0.3) is 5.91 Å². The average molecular weight is 768 g/mol. The number of rotatable bonds is 8. The van der Waals surface area contributed by atoms with Crippen LogP contribution in [0.25, 0.3) is 22.3 Å². The number of alkyl halides is 5. The Labute approximate surface area is 307 Å². The molecule has 0 saturated heterocycles. The molecule has 286 valence electrons. The van der Waals surface area contributed by atoms with Gasteiger partial charge < -0.3 is 15.1 Å². The Bertz CT molecular complexity index is 2430. The number of pyridine rings is 1. The number of aromatic nitrogens is 7.